The van der Waals surface area contributed by atoms with Gasteiger partial charge in [-0.1, -0.05) is 22.9 Å². The number of carbonyl (C=O) groups is 2. The molecule has 1 aliphatic carbocycles. The van der Waals surface area contributed by atoms with Gasteiger partial charge < -0.3 is 14.7 Å². The summed E-state index contributed by atoms with van der Waals surface area (Å²) in [5.41, 5.74) is 4.98. The summed E-state index contributed by atoms with van der Waals surface area (Å²) >= 11 is 0. The second kappa shape index (κ2) is 8.26. The van der Waals surface area contributed by atoms with E-state index < -0.39 is 0 Å². The Labute approximate surface area is 186 Å². The van der Waals surface area contributed by atoms with Crippen molar-refractivity contribution >= 4 is 17.6 Å². The third-order valence-corrected chi connectivity index (χ3v) is 6.44. The quantitative estimate of drug-likeness (QED) is 0.680. The molecule has 166 valence electrons. The van der Waals surface area contributed by atoms with Crippen LogP contribution in [0.25, 0.3) is 5.69 Å². The lowest BCUT2D eigenvalue weighted by molar-refractivity contribution is -0.121. The fourth-order valence-corrected chi connectivity index (χ4v) is 4.66. The zero-order valence-corrected chi connectivity index (χ0v) is 18.4. The van der Waals surface area contributed by atoms with Crippen LogP contribution in [-0.2, 0) is 17.6 Å². The predicted molar refractivity (Wildman–Crippen MR) is 119 cm³/mol. The van der Waals surface area contributed by atoms with Crippen molar-refractivity contribution in [3.63, 3.8) is 0 Å². The molecule has 8 heteroatoms. The zero-order chi connectivity index (χ0) is 22.2. The molecule has 2 aliphatic rings. The van der Waals surface area contributed by atoms with Gasteiger partial charge in [0.05, 0.1) is 5.69 Å². The molecule has 5 rings (SSSR count). The summed E-state index contributed by atoms with van der Waals surface area (Å²) in [5.74, 6) is 0.836. The standard InChI is InChI=1S/C24H27N5O3/c1-15-6-8-18(9-7-15)29-20-5-3-4-19(20)22(26-29)24(31)28-12-10-17(11-13-28)23(30)25-21-14-16(2)32-27-21/h6-9,14,17H,3-5,10-13H2,1-2H3,(H,25,27,30). The van der Waals surface area contributed by atoms with Crippen LogP contribution in [-0.4, -0.2) is 44.7 Å². The summed E-state index contributed by atoms with van der Waals surface area (Å²) in [6, 6.07) is 9.93. The van der Waals surface area contributed by atoms with Gasteiger partial charge in [-0.2, -0.15) is 5.10 Å². The van der Waals surface area contributed by atoms with Crippen molar-refractivity contribution in [2.24, 2.45) is 5.92 Å². The minimum absolute atomic E-state index is 0.0278. The van der Waals surface area contributed by atoms with Crippen LogP contribution in [0.5, 0.6) is 0 Å². The van der Waals surface area contributed by atoms with Gasteiger partial charge in [0.1, 0.15) is 5.76 Å². The monoisotopic (exact) mass is 433 g/mol. The Morgan fingerprint density at radius 1 is 1.09 bits per heavy atom. The first-order valence-electron chi connectivity index (χ1n) is 11.2. The third-order valence-electron chi connectivity index (χ3n) is 6.44. The minimum atomic E-state index is -0.146. The van der Waals surface area contributed by atoms with E-state index >= 15 is 0 Å². The molecule has 1 N–H and O–H groups in total. The van der Waals surface area contributed by atoms with Crippen LogP contribution in [0.1, 0.15) is 52.3 Å². The molecule has 1 saturated heterocycles. The molecule has 1 aliphatic heterocycles. The van der Waals surface area contributed by atoms with Crippen LogP contribution in [0, 0.1) is 19.8 Å². The van der Waals surface area contributed by atoms with Gasteiger partial charge in [0.2, 0.25) is 5.91 Å². The first-order chi connectivity index (χ1) is 15.5. The highest BCUT2D eigenvalue weighted by molar-refractivity contribution is 5.95. The number of nitrogens with one attached hydrogen (secondary N) is 1. The van der Waals surface area contributed by atoms with E-state index in [1.54, 1.807) is 13.0 Å². The number of hydrogen-bond donors (Lipinski definition) is 1. The second-order valence-corrected chi connectivity index (χ2v) is 8.75. The van der Waals surface area contributed by atoms with Crippen molar-refractivity contribution in [2.75, 3.05) is 18.4 Å². The van der Waals surface area contributed by atoms with Gasteiger partial charge in [0.25, 0.3) is 5.91 Å². The smallest absolute Gasteiger partial charge is 0.274 e. The zero-order valence-electron chi connectivity index (χ0n) is 18.4. The number of amides is 2. The Morgan fingerprint density at radius 2 is 1.84 bits per heavy atom. The van der Waals surface area contributed by atoms with Crippen LogP contribution >= 0.6 is 0 Å². The highest BCUT2D eigenvalue weighted by Crippen LogP contribution is 2.30. The molecule has 0 radical (unpaired) electrons. The van der Waals surface area contributed by atoms with E-state index in [1.807, 2.05) is 9.58 Å². The molecular formula is C24H27N5O3. The number of likely N-dealkylation sites (tertiary alicyclic amines) is 1. The molecule has 2 aromatic heterocycles. The molecule has 3 aromatic rings. The van der Waals surface area contributed by atoms with E-state index in [2.05, 4.69) is 41.7 Å². The molecule has 32 heavy (non-hydrogen) atoms. The van der Waals surface area contributed by atoms with Crippen LogP contribution in [0.2, 0.25) is 0 Å². The topological polar surface area (TPSA) is 93.3 Å². The normalized spacial score (nSPS) is 16.2. The van der Waals surface area contributed by atoms with E-state index in [-0.39, 0.29) is 17.7 Å². The number of anilines is 1. The number of hydrogen-bond acceptors (Lipinski definition) is 5. The lowest BCUT2D eigenvalue weighted by Gasteiger charge is -2.30. The Morgan fingerprint density at radius 3 is 2.53 bits per heavy atom. The number of aromatic nitrogens is 3. The van der Waals surface area contributed by atoms with Crippen LogP contribution < -0.4 is 5.32 Å². The number of benzene rings is 1. The molecular weight excluding hydrogens is 406 g/mol. The Hall–Kier alpha value is -3.42. The van der Waals surface area contributed by atoms with Crippen molar-refractivity contribution in [1.82, 2.24) is 19.8 Å². The average molecular weight is 434 g/mol. The van der Waals surface area contributed by atoms with Gasteiger partial charge in [-0.3, -0.25) is 9.59 Å². The summed E-state index contributed by atoms with van der Waals surface area (Å²) in [4.78, 5) is 27.7. The first-order valence-corrected chi connectivity index (χ1v) is 11.2. The Kier molecular flexibility index (Phi) is 5.28. The Bertz CT molecular complexity index is 1150. The van der Waals surface area contributed by atoms with Crippen molar-refractivity contribution in [3.8, 4) is 5.69 Å². The fraction of sp³-hybridized carbons (Fsp3) is 0.417. The number of rotatable bonds is 4. The summed E-state index contributed by atoms with van der Waals surface area (Å²) in [5, 5.41) is 11.4. The SMILES string of the molecule is Cc1ccc(-n2nc(C(=O)N3CCC(C(=O)Nc4cc(C)on4)CC3)c3c2CCC3)cc1. The number of nitrogens with zero attached hydrogens (tertiary/aromatic N) is 4. The minimum Gasteiger partial charge on any atom is -0.360 e. The molecule has 0 spiro atoms. The molecule has 0 atom stereocenters. The molecule has 0 saturated carbocycles. The summed E-state index contributed by atoms with van der Waals surface area (Å²) in [7, 11) is 0. The molecule has 8 nitrogen and oxygen atoms in total. The lowest BCUT2D eigenvalue weighted by atomic mass is 9.95. The van der Waals surface area contributed by atoms with Crippen LogP contribution in [0.15, 0.2) is 34.9 Å². The number of aryl methyl sites for hydroxylation is 2. The van der Waals surface area contributed by atoms with E-state index in [9.17, 15) is 9.59 Å². The number of fused-ring (bicyclic) bond motifs is 1. The van der Waals surface area contributed by atoms with E-state index in [0.717, 1.165) is 36.2 Å². The highest BCUT2D eigenvalue weighted by atomic mass is 16.5. The van der Waals surface area contributed by atoms with Crippen molar-refractivity contribution in [1.29, 1.82) is 0 Å². The van der Waals surface area contributed by atoms with Gasteiger partial charge in [-0.05, 0) is 58.1 Å². The number of piperidine rings is 1. The summed E-state index contributed by atoms with van der Waals surface area (Å²) in [6.07, 6.45) is 4.11. The molecule has 3 heterocycles. The maximum absolute atomic E-state index is 13.4. The largest absolute Gasteiger partial charge is 0.360 e. The molecule has 2 amide bonds. The van der Waals surface area contributed by atoms with Gasteiger partial charge >= 0.3 is 0 Å². The summed E-state index contributed by atoms with van der Waals surface area (Å²) in [6.45, 7) is 4.92. The fourth-order valence-electron chi connectivity index (χ4n) is 4.66. The molecule has 1 aromatic carbocycles. The van der Waals surface area contributed by atoms with Gasteiger partial charge in [-0.15, -0.1) is 0 Å². The second-order valence-electron chi connectivity index (χ2n) is 8.75. The number of carbonyl (C=O) groups excluding carboxylic acids is 2. The van der Waals surface area contributed by atoms with Crippen molar-refractivity contribution in [2.45, 2.75) is 46.0 Å². The van der Waals surface area contributed by atoms with Crippen LogP contribution in [0.4, 0.5) is 5.82 Å². The Balaban J connectivity index is 1.28. The van der Waals surface area contributed by atoms with Crippen LogP contribution in [0.3, 0.4) is 0 Å². The van der Waals surface area contributed by atoms with Crippen molar-refractivity contribution in [3.05, 3.63) is 58.6 Å². The molecule has 0 bridgehead atoms. The van der Waals surface area contributed by atoms with E-state index in [4.69, 9.17) is 9.62 Å². The average Bonchev–Trinajstić information content (AvgIpc) is 3.51. The maximum atomic E-state index is 13.4. The maximum Gasteiger partial charge on any atom is 0.274 e. The van der Waals surface area contributed by atoms with Crippen molar-refractivity contribution < 1.29 is 14.1 Å². The van der Waals surface area contributed by atoms with E-state index in [0.29, 0.717) is 43.2 Å². The van der Waals surface area contributed by atoms with Gasteiger partial charge in [0.15, 0.2) is 11.5 Å². The molecule has 0 unspecified atom stereocenters. The molecule has 1 fully saturated rings. The lowest BCUT2D eigenvalue weighted by Crippen LogP contribution is -2.41. The summed E-state index contributed by atoms with van der Waals surface area (Å²) < 4.78 is 6.94. The highest BCUT2D eigenvalue weighted by Gasteiger charge is 2.33. The van der Waals surface area contributed by atoms with E-state index in [1.165, 1.54) is 5.56 Å². The predicted octanol–water partition coefficient (Wildman–Crippen LogP) is 3.46. The first kappa shape index (κ1) is 20.5. The van der Waals surface area contributed by atoms with Gasteiger partial charge in [-0.25, -0.2) is 4.68 Å². The van der Waals surface area contributed by atoms with Gasteiger partial charge in [0, 0.05) is 36.3 Å². The third kappa shape index (κ3) is 3.81.